The van der Waals surface area contributed by atoms with Gasteiger partial charge in [-0.05, 0) is 0 Å². The average Bonchev–Trinajstić information content (AvgIpc) is 2.05. The van der Waals surface area contributed by atoms with Gasteiger partial charge in [-0.15, -0.1) is 0 Å². The second-order valence-electron chi connectivity index (χ2n) is 1.79. The highest BCUT2D eigenvalue weighted by atomic mass is 16.6. The summed E-state index contributed by atoms with van der Waals surface area (Å²) in [6.07, 6.45) is 2.63. The molecular weight excluding hydrogens is 148 g/mol. The fourth-order valence-electron chi connectivity index (χ4n) is 0.650. The Kier molecular flexibility index (Phi) is 2.10. The molecule has 60 valence electrons. The van der Waals surface area contributed by atoms with Crippen LogP contribution in [0.1, 0.15) is 0 Å². The minimum absolute atomic E-state index is 0.115. The molecule has 0 bridgehead atoms. The maximum Gasteiger partial charge on any atom is 0.401 e. The number of nitrogens with zero attached hydrogens (tertiary/aromatic N) is 2. The summed E-state index contributed by atoms with van der Waals surface area (Å²) in [5, 5.41) is 11.1. The highest BCUT2D eigenvalue weighted by Gasteiger charge is 2.10. The van der Waals surface area contributed by atoms with Crippen LogP contribution >= 0.6 is 0 Å². The van der Waals surface area contributed by atoms with Gasteiger partial charge in [-0.3, -0.25) is 0 Å². The molecule has 0 atom stereocenters. The van der Waals surface area contributed by atoms with Gasteiger partial charge < -0.3 is 14.7 Å². The predicted octanol–water partition coefficient (Wildman–Crippen LogP) is -0.268. The smallest absolute Gasteiger partial charge is 0.401 e. The summed E-state index contributed by atoms with van der Waals surface area (Å²) in [6, 6.07) is 0. The molecule has 0 N–H and O–H groups in total. The molecule has 0 aliphatic carbocycles. The summed E-state index contributed by atoms with van der Waals surface area (Å²) in [6.45, 7) is 0. The van der Waals surface area contributed by atoms with Crippen molar-refractivity contribution in [3.8, 4) is 11.8 Å². The van der Waals surface area contributed by atoms with Gasteiger partial charge in [0.25, 0.3) is 0 Å². The standard InChI is InChI=1S/C6H8N2O3/c1-10-5-3-7-4-6(11-2)8(5)9/h3-4H,1-2H3. The maximum atomic E-state index is 11.1. The number of ether oxygens (including phenoxy) is 2. The molecule has 0 radical (unpaired) electrons. The Morgan fingerprint density at radius 1 is 1.27 bits per heavy atom. The highest BCUT2D eigenvalue weighted by molar-refractivity contribution is 5.02. The van der Waals surface area contributed by atoms with Crippen LogP contribution in [0.25, 0.3) is 0 Å². The van der Waals surface area contributed by atoms with Gasteiger partial charge in [-0.25, -0.2) is 4.98 Å². The first-order valence-electron chi connectivity index (χ1n) is 2.95. The number of hydrogen-bond acceptors (Lipinski definition) is 4. The van der Waals surface area contributed by atoms with Crippen LogP contribution in [0.15, 0.2) is 12.4 Å². The van der Waals surface area contributed by atoms with Crippen molar-refractivity contribution in [3.05, 3.63) is 17.6 Å². The highest BCUT2D eigenvalue weighted by Crippen LogP contribution is 2.05. The van der Waals surface area contributed by atoms with Crippen LogP contribution in [0.5, 0.6) is 11.8 Å². The average molecular weight is 156 g/mol. The van der Waals surface area contributed by atoms with E-state index in [9.17, 15) is 5.21 Å². The summed E-state index contributed by atoms with van der Waals surface area (Å²) in [4.78, 5) is 3.72. The zero-order valence-electron chi connectivity index (χ0n) is 6.27. The van der Waals surface area contributed by atoms with Crippen molar-refractivity contribution < 1.29 is 14.2 Å². The van der Waals surface area contributed by atoms with Gasteiger partial charge in [0.05, 0.1) is 14.2 Å². The van der Waals surface area contributed by atoms with Gasteiger partial charge in [0, 0.05) is 0 Å². The first-order valence-corrected chi connectivity index (χ1v) is 2.95. The number of hydrogen-bond donors (Lipinski definition) is 0. The summed E-state index contributed by atoms with van der Waals surface area (Å²) in [5.41, 5.74) is 0. The van der Waals surface area contributed by atoms with E-state index in [1.807, 2.05) is 0 Å². The van der Waals surface area contributed by atoms with Crippen molar-refractivity contribution >= 4 is 0 Å². The Hall–Kier alpha value is -1.52. The largest absolute Gasteiger partial charge is 0.613 e. The third-order valence-corrected chi connectivity index (χ3v) is 1.19. The Morgan fingerprint density at radius 3 is 2.09 bits per heavy atom. The lowest BCUT2D eigenvalue weighted by atomic mass is 10.7. The van der Waals surface area contributed by atoms with Gasteiger partial charge in [-0.1, -0.05) is 4.73 Å². The van der Waals surface area contributed by atoms with Gasteiger partial charge in [0.15, 0.2) is 0 Å². The minimum atomic E-state index is 0.115. The third-order valence-electron chi connectivity index (χ3n) is 1.19. The summed E-state index contributed by atoms with van der Waals surface area (Å²) in [5.74, 6) is 0.230. The normalized spacial score (nSPS) is 9.27. The monoisotopic (exact) mass is 156 g/mol. The van der Waals surface area contributed by atoms with Crippen LogP contribution < -0.4 is 14.2 Å². The minimum Gasteiger partial charge on any atom is -0.613 e. The molecule has 5 nitrogen and oxygen atoms in total. The van der Waals surface area contributed by atoms with Gasteiger partial charge >= 0.3 is 11.8 Å². The van der Waals surface area contributed by atoms with Crippen LogP contribution in [0.2, 0.25) is 0 Å². The maximum absolute atomic E-state index is 11.1. The van der Waals surface area contributed by atoms with E-state index in [1.54, 1.807) is 0 Å². The fourth-order valence-corrected chi connectivity index (χ4v) is 0.650. The molecule has 1 heterocycles. The van der Waals surface area contributed by atoms with E-state index >= 15 is 0 Å². The molecule has 0 amide bonds. The molecule has 1 aromatic rings. The van der Waals surface area contributed by atoms with Crippen LogP contribution in [-0.2, 0) is 0 Å². The molecule has 0 saturated heterocycles. The first kappa shape index (κ1) is 7.59. The van der Waals surface area contributed by atoms with Crippen molar-refractivity contribution in [2.24, 2.45) is 0 Å². The number of methoxy groups -OCH3 is 2. The second-order valence-corrected chi connectivity index (χ2v) is 1.79. The van der Waals surface area contributed by atoms with E-state index in [2.05, 4.69) is 4.98 Å². The SMILES string of the molecule is COc1cncc(OC)[n+]1[O-]. The van der Waals surface area contributed by atoms with E-state index in [0.717, 1.165) is 0 Å². The Bertz CT molecular complexity index is 229. The van der Waals surface area contributed by atoms with Crippen LogP contribution in [-0.4, -0.2) is 19.2 Å². The van der Waals surface area contributed by atoms with Gasteiger partial charge in [0.1, 0.15) is 12.4 Å². The molecule has 1 rings (SSSR count). The van der Waals surface area contributed by atoms with Crippen molar-refractivity contribution in [3.63, 3.8) is 0 Å². The topological polar surface area (TPSA) is 58.3 Å². The summed E-state index contributed by atoms with van der Waals surface area (Å²) < 4.78 is 9.91. The zero-order valence-corrected chi connectivity index (χ0v) is 6.27. The zero-order chi connectivity index (χ0) is 8.27. The first-order chi connectivity index (χ1) is 5.29. The Labute approximate surface area is 63.8 Å². The number of aromatic nitrogens is 2. The lowest BCUT2D eigenvalue weighted by molar-refractivity contribution is -0.619. The molecule has 0 spiro atoms. The molecule has 1 aromatic heterocycles. The Morgan fingerprint density at radius 2 is 1.73 bits per heavy atom. The molecule has 0 aliphatic heterocycles. The van der Waals surface area contributed by atoms with Crippen LogP contribution in [0.4, 0.5) is 0 Å². The van der Waals surface area contributed by atoms with E-state index < -0.39 is 0 Å². The van der Waals surface area contributed by atoms with Crippen molar-refractivity contribution in [2.75, 3.05) is 14.2 Å². The van der Waals surface area contributed by atoms with E-state index in [0.29, 0.717) is 4.73 Å². The molecule has 0 fully saturated rings. The van der Waals surface area contributed by atoms with Crippen LogP contribution in [0, 0.1) is 5.21 Å². The predicted molar refractivity (Wildman–Crippen MR) is 36.3 cm³/mol. The summed E-state index contributed by atoms with van der Waals surface area (Å²) >= 11 is 0. The molecular formula is C6H8N2O3. The second kappa shape index (κ2) is 3.05. The summed E-state index contributed by atoms with van der Waals surface area (Å²) in [7, 11) is 2.79. The quantitative estimate of drug-likeness (QED) is 0.437. The lowest BCUT2D eigenvalue weighted by Crippen LogP contribution is -2.30. The van der Waals surface area contributed by atoms with Crippen molar-refractivity contribution in [1.82, 2.24) is 4.98 Å². The van der Waals surface area contributed by atoms with Crippen molar-refractivity contribution in [2.45, 2.75) is 0 Å². The van der Waals surface area contributed by atoms with Gasteiger partial charge in [0.2, 0.25) is 0 Å². The molecule has 0 unspecified atom stereocenters. The molecule has 11 heavy (non-hydrogen) atoms. The molecule has 5 heteroatoms. The molecule has 0 aliphatic rings. The fraction of sp³-hybridized carbons (Fsp3) is 0.333. The lowest BCUT2D eigenvalue weighted by Gasteiger charge is -2.03. The van der Waals surface area contributed by atoms with Crippen molar-refractivity contribution in [1.29, 1.82) is 0 Å². The van der Waals surface area contributed by atoms with E-state index in [4.69, 9.17) is 9.47 Å². The molecule has 0 saturated carbocycles. The van der Waals surface area contributed by atoms with E-state index in [1.165, 1.54) is 26.6 Å². The van der Waals surface area contributed by atoms with Gasteiger partial charge in [-0.2, -0.15) is 0 Å². The number of rotatable bonds is 2. The Balaban J connectivity index is 3.10. The molecule has 0 aromatic carbocycles. The third kappa shape index (κ3) is 1.31. The van der Waals surface area contributed by atoms with Crippen LogP contribution in [0.3, 0.4) is 0 Å². The van der Waals surface area contributed by atoms with E-state index in [-0.39, 0.29) is 11.8 Å².